The van der Waals surface area contributed by atoms with Crippen molar-refractivity contribution in [3.8, 4) is 5.75 Å². The monoisotopic (exact) mass is 643 g/mol. The van der Waals surface area contributed by atoms with E-state index in [1.54, 1.807) is 0 Å². The number of benzene rings is 3. The van der Waals surface area contributed by atoms with Gasteiger partial charge in [0, 0.05) is 48.8 Å². The van der Waals surface area contributed by atoms with Crippen LogP contribution in [0.15, 0.2) is 102 Å². The predicted molar refractivity (Wildman–Crippen MR) is 189 cm³/mol. The summed E-state index contributed by atoms with van der Waals surface area (Å²) >= 11 is 0. The minimum Gasteiger partial charge on any atom is -0.489 e. The van der Waals surface area contributed by atoms with Crippen molar-refractivity contribution in [1.82, 2.24) is 0 Å². The van der Waals surface area contributed by atoms with Crippen molar-refractivity contribution in [2.75, 3.05) is 24.7 Å². The third kappa shape index (κ3) is 7.77. The molecule has 0 spiro atoms. The molecule has 0 aliphatic carbocycles. The average molecular weight is 644 g/mol. The first-order chi connectivity index (χ1) is 22.2. The second kappa shape index (κ2) is 15.0. The fraction of sp³-hybridized carbons (Fsp3) is 0.410. The molecule has 7 heteroatoms. The van der Waals surface area contributed by atoms with Gasteiger partial charge in [-0.2, -0.15) is 10.6 Å². The smallest absolute Gasteiger partial charge is 0.173 e. The van der Waals surface area contributed by atoms with E-state index < -0.39 is 28.0 Å². The molecule has 0 bridgehead atoms. The minimum absolute atomic E-state index is 0.190. The van der Waals surface area contributed by atoms with E-state index in [-0.39, 0.29) is 5.75 Å². The Labute approximate surface area is 277 Å². The molecule has 2 atom stereocenters. The zero-order valence-electron chi connectivity index (χ0n) is 27.8. The van der Waals surface area contributed by atoms with Crippen LogP contribution in [0.25, 0.3) is 0 Å². The van der Waals surface area contributed by atoms with Gasteiger partial charge in [0.25, 0.3) is 0 Å². The molecule has 2 heterocycles. The predicted octanol–water partition coefficient (Wildman–Crippen LogP) is 8.65. The normalized spacial score (nSPS) is 19.1. The SMILES string of the molecule is CCCCC1(CCCC)CS(O)(O)c2ccc(N(C)C)cc2C(c2ccc(OCc3ccc(C[n+]4ccccc4)cc3)cc2)C1O. The van der Waals surface area contributed by atoms with Crippen molar-refractivity contribution < 1.29 is 23.5 Å². The molecule has 46 heavy (non-hydrogen) atoms. The van der Waals surface area contributed by atoms with Gasteiger partial charge in [0.15, 0.2) is 18.9 Å². The number of ether oxygens (including phenoxy) is 1. The first-order valence-electron chi connectivity index (χ1n) is 16.7. The lowest BCUT2D eigenvalue weighted by molar-refractivity contribution is -0.688. The maximum Gasteiger partial charge on any atom is 0.173 e. The zero-order chi connectivity index (χ0) is 32.7. The highest BCUT2D eigenvalue weighted by atomic mass is 32.3. The first kappa shape index (κ1) is 34.0. The summed E-state index contributed by atoms with van der Waals surface area (Å²) in [6, 6.07) is 28.5. The molecule has 1 aromatic heterocycles. The molecule has 0 fully saturated rings. The maximum absolute atomic E-state index is 12.5. The van der Waals surface area contributed by atoms with E-state index in [1.165, 1.54) is 5.56 Å². The lowest BCUT2D eigenvalue weighted by Gasteiger charge is -2.44. The van der Waals surface area contributed by atoms with Crippen molar-refractivity contribution in [1.29, 1.82) is 0 Å². The van der Waals surface area contributed by atoms with Gasteiger partial charge >= 0.3 is 0 Å². The van der Waals surface area contributed by atoms with Crippen molar-refractivity contribution in [2.24, 2.45) is 5.41 Å². The summed E-state index contributed by atoms with van der Waals surface area (Å²) in [5, 5.41) is 12.5. The summed E-state index contributed by atoms with van der Waals surface area (Å²) in [4.78, 5) is 2.58. The Balaban J connectivity index is 1.42. The number of pyridine rings is 1. The molecule has 6 nitrogen and oxygen atoms in total. The zero-order valence-corrected chi connectivity index (χ0v) is 28.6. The van der Waals surface area contributed by atoms with Gasteiger partial charge in [-0.15, -0.1) is 0 Å². The van der Waals surface area contributed by atoms with E-state index in [4.69, 9.17) is 4.74 Å². The Morgan fingerprint density at radius 1 is 0.848 bits per heavy atom. The third-order valence-electron chi connectivity index (χ3n) is 9.50. The van der Waals surface area contributed by atoms with Crippen LogP contribution in [-0.4, -0.2) is 40.2 Å². The van der Waals surface area contributed by atoms with Gasteiger partial charge in [-0.05, 0) is 59.9 Å². The summed E-state index contributed by atoms with van der Waals surface area (Å²) in [5.41, 5.74) is 4.44. The van der Waals surface area contributed by atoms with E-state index in [2.05, 4.69) is 55.1 Å². The number of fused-ring (bicyclic) bond motifs is 1. The molecule has 1 aliphatic heterocycles. The summed E-state index contributed by atoms with van der Waals surface area (Å²) in [5.74, 6) is 0.544. The van der Waals surface area contributed by atoms with Crippen LogP contribution in [0.1, 0.15) is 80.5 Å². The number of hydrogen-bond acceptors (Lipinski definition) is 5. The topological polar surface area (TPSA) is 77.0 Å². The quantitative estimate of drug-likeness (QED) is 0.127. The van der Waals surface area contributed by atoms with Crippen LogP contribution in [0.4, 0.5) is 5.69 Å². The number of anilines is 1. The van der Waals surface area contributed by atoms with Crippen LogP contribution in [0, 0.1) is 5.41 Å². The maximum atomic E-state index is 12.5. The largest absolute Gasteiger partial charge is 0.489 e. The van der Waals surface area contributed by atoms with Crippen molar-refractivity contribution in [3.05, 3.63) is 120 Å². The molecule has 0 saturated carbocycles. The van der Waals surface area contributed by atoms with Crippen LogP contribution >= 0.6 is 10.6 Å². The summed E-state index contributed by atoms with van der Waals surface area (Å²) in [7, 11) is 0.829. The van der Waals surface area contributed by atoms with E-state index in [0.29, 0.717) is 11.5 Å². The highest BCUT2D eigenvalue weighted by molar-refractivity contribution is 8.24. The number of unbranched alkanes of at least 4 members (excludes halogenated alkanes) is 2. The number of aromatic nitrogens is 1. The molecule has 5 rings (SSSR count). The minimum atomic E-state index is -3.14. The average Bonchev–Trinajstić information content (AvgIpc) is 3.13. The van der Waals surface area contributed by atoms with Crippen molar-refractivity contribution in [2.45, 2.75) is 82.4 Å². The number of hydrogen-bond donors (Lipinski definition) is 3. The Morgan fingerprint density at radius 3 is 2.09 bits per heavy atom. The van der Waals surface area contributed by atoms with E-state index in [9.17, 15) is 14.2 Å². The lowest BCUT2D eigenvalue weighted by atomic mass is 9.68. The Morgan fingerprint density at radius 2 is 1.48 bits per heavy atom. The fourth-order valence-corrected chi connectivity index (χ4v) is 9.12. The van der Waals surface area contributed by atoms with Crippen LogP contribution < -0.4 is 14.2 Å². The lowest BCUT2D eigenvalue weighted by Crippen LogP contribution is -2.42. The molecule has 4 aromatic rings. The first-order valence-corrected chi connectivity index (χ1v) is 18.4. The number of rotatable bonds is 13. The van der Waals surface area contributed by atoms with E-state index >= 15 is 0 Å². The second-order valence-electron chi connectivity index (χ2n) is 13.1. The number of nitrogens with zero attached hydrogens (tertiary/aromatic N) is 2. The van der Waals surface area contributed by atoms with Gasteiger partial charge < -0.3 is 14.7 Å². The molecule has 0 radical (unpaired) electrons. The molecule has 0 amide bonds. The molecule has 0 saturated heterocycles. The second-order valence-corrected chi connectivity index (χ2v) is 15.2. The van der Waals surface area contributed by atoms with Crippen LogP contribution in [-0.2, 0) is 13.2 Å². The summed E-state index contributed by atoms with van der Waals surface area (Å²) in [6.07, 6.45) is 8.72. The Bertz CT molecular complexity index is 1530. The number of aliphatic hydroxyl groups excluding tert-OH is 1. The molecule has 3 aromatic carbocycles. The Kier molecular flexibility index (Phi) is 11.1. The van der Waals surface area contributed by atoms with Gasteiger partial charge in [0.1, 0.15) is 12.4 Å². The fourth-order valence-electron chi connectivity index (χ4n) is 6.86. The van der Waals surface area contributed by atoms with Gasteiger partial charge in [-0.1, -0.05) is 82.0 Å². The molecular formula is C39H51N2O4S+. The van der Waals surface area contributed by atoms with Crippen LogP contribution in [0.5, 0.6) is 5.75 Å². The van der Waals surface area contributed by atoms with E-state index in [0.717, 1.165) is 73.2 Å². The summed E-state index contributed by atoms with van der Waals surface area (Å²) in [6.45, 7) is 5.59. The standard InChI is InChI=1S/C39H50N2O4S/c1-5-7-22-39(23-8-6-2)29-46(43,44)36-21-18-33(40(3)4)26-35(36)37(38(39)42)32-16-19-34(20-17-32)45-28-31-14-12-30(13-15-31)27-41-24-10-9-11-25-41/h9-21,24-26,37-38,42H,5-8,22-23,27-29H2,1-4H3,(H-,43,44)/p+1. The van der Waals surface area contributed by atoms with Crippen LogP contribution in [0.3, 0.4) is 0 Å². The molecule has 2 unspecified atom stereocenters. The van der Waals surface area contributed by atoms with Crippen LogP contribution in [0.2, 0.25) is 0 Å². The molecular weight excluding hydrogens is 593 g/mol. The summed E-state index contributed by atoms with van der Waals surface area (Å²) < 4.78 is 31.9. The highest BCUT2D eigenvalue weighted by Crippen LogP contribution is 2.62. The molecule has 1 aliphatic rings. The Hall–Kier alpha value is -3.36. The van der Waals surface area contributed by atoms with Gasteiger partial charge in [-0.3, -0.25) is 9.11 Å². The van der Waals surface area contributed by atoms with Crippen molar-refractivity contribution >= 4 is 16.3 Å². The third-order valence-corrected chi connectivity index (χ3v) is 11.5. The van der Waals surface area contributed by atoms with Gasteiger partial charge in [0.05, 0.1) is 16.8 Å². The van der Waals surface area contributed by atoms with Crippen molar-refractivity contribution in [3.63, 3.8) is 0 Å². The van der Waals surface area contributed by atoms with Gasteiger partial charge in [0.2, 0.25) is 0 Å². The molecule has 246 valence electrons. The highest BCUT2D eigenvalue weighted by Gasteiger charge is 2.49. The van der Waals surface area contributed by atoms with E-state index in [1.807, 2.05) is 79.7 Å². The number of aliphatic hydroxyl groups is 1. The molecule has 3 N–H and O–H groups in total. The van der Waals surface area contributed by atoms with Gasteiger partial charge in [-0.25, -0.2) is 4.57 Å².